The first-order valence-corrected chi connectivity index (χ1v) is 0. The largest absolute Gasteiger partial charge is 0.147 e. The smallest absolute Gasteiger partial charge is 0 e. The van der Waals surface area contributed by atoms with Gasteiger partial charge < -0.3 is 0 Å². The monoisotopic (exact) mass is 152 g/mol. The molecule has 0 aliphatic heterocycles. The summed E-state index contributed by atoms with van der Waals surface area (Å²) in [5.74, 6) is 0. The van der Waals surface area contributed by atoms with E-state index >= 15 is 0 Å². The molecule has 0 unspecified atom stereocenters. The molecule has 4 heavy (non-hydrogen) atoms. The Bertz CT molecular complexity index is 6.00. The molecule has 0 N–H and O–H groups in total. The topological polar surface area (TPSA) is 0 Å². The fourth-order valence-corrected chi connectivity index (χ4v) is 0. The molecule has 0 radical (unpaired) electrons. The average molecular weight is 153 g/mol. The van der Waals surface area contributed by atoms with Gasteiger partial charge in [-0.25, -0.2) is 0 Å². The molecule has 28 valence electrons. The van der Waals surface area contributed by atoms with E-state index in [1.54, 1.807) is 0 Å². The zero-order valence-corrected chi connectivity index (χ0v) is 4.51. The molecule has 0 aliphatic carbocycles. The molecule has 0 aromatic rings. The summed E-state index contributed by atoms with van der Waals surface area (Å²) in [7, 11) is 0. The molecule has 0 nitrogen and oxygen atoms in total. The van der Waals surface area contributed by atoms with Gasteiger partial charge in [0.25, 0.3) is 0 Å². The maximum Gasteiger partial charge on any atom is 0 e. The Kier molecular flexibility index (Phi) is 299. The third kappa shape index (κ3) is 9.70. The van der Waals surface area contributed by atoms with Crippen molar-refractivity contribution in [1.82, 2.24) is 0 Å². The molecule has 0 rings (SSSR count). The summed E-state index contributed by atoms with van der Waals surface area (Å²) in [6, 6.07) is 0. The molecular formula is H6Cl2SiTi. The van der Waals surface area contributed by atoms with E-state index in [0.29, 0.717) is 0 Å². The van der Waals surface area contributed by atoms with Gasteiger partial charge in [0.15, 0.2) is 0 Å². The first kappa shape index (κ1) is 49.1. The zero-order valence-electron chi connectivity index (χ0n) is 1.32. The Balaban J connectivity index is 0. The van der Waals surface area contributed by atoms with Crippen LogP contribution >= 0.6 is 24.8 Å². The van der Waals surface area contributed by atoms with E-state index in [-0.39, 0.29) is 57.5 Å². The summed E-state index contributed by atoms with van der Waals surface area (Å²) in [5, 5.41) is 0. The van der Waals surface area contributed by atoms with Crippen LogP contribution in [0, 0.1) is 0 Å². The molecule has 0 saturated carbocycles. The molecule has 0 amide bonds. The summed E-state index contributed by atoms with van der Waals surface area (Å²) >= 11 is 0. The second-order valence-corrected chi connectivity index (χ2v) is 0. The van der Waals surface area contributed by atoms with Crippen LogP contribution in [0.15, 0.2) is 0 Å². The van der Waals surface area contributed by atoms with Crippen LogP contribution in [0.3, 0.4) is 0 Å². The maximum atomic E-state index is 0. The Morgan fingerprint density at radius 1 is 0.750 bits per heavy atom. The molecule has 4 heteroatoms. The van der Waals surface area contributed by atoms with E-state index in [1.165, 1.54) is 0 Å². The van der Waals surface area contributed by atoms with Crippen molar-refractivity contribution in [3.05, 3.63) is 0 Å². The van der Waals surface area contributed by atoms with Gasteiger partial charge in [-0.2, -0.15) is 0 Å². The minimum Gasteiger partial charge on any atom is -0.147 e. The van der Waals surface area contributed by atoms with Gasteiger partial charge in [0.05, 0.1) is 0 Å². The fourth-order valence-electron chi connectivity index (χ4n) is 0. The number of rotatable bonds is 0. The van der Waals surface area contributed by atoms with Crippen molar-refractivity contribution in [3.63, 3.8) is 0 Å². The fraction of sp³-hybridized carbons (Fsp3) is 0. The third-order valence-corrected chi connectivity index (χ3v) is 0. The molecule has 0 aromatic carbocycles. The van der Waals surface area contributed by atoms with E-state index in [2.05, 4.69) is 0 Å². The Morgan fingerprint density at radius 2 is 0.750 bits per heavy atom. The summed E-state index contributed by atoms with van der Waals surface area (Å²) < 4.78 is 0. The molecular weight excluding hydrogens is 147 g/mol. The second kappa shape index (κ2) is 24.4. The molecule has 0 heterocycles. The number of halogens is 2. The van der Waals surface area contributed by atoms with Gasteiger partial charge in [0.2, 0.25) is 0 Å². The van der Waals surface area contributed by atoms with Crippen LogP contribution in [0.2, 0.25) is 0 Å². The third-order valence-electron chi connectivity index (χ3n) is 0. The van der Waals surface area contributed by atoms with Gasteiger partial charge in [-0.1, -0.05) is 0 Å². The Morgan fingerprint density at radius 3 is 0.750 bits per heavy atom. The van der Waals surface area contributed by atoms with E-state index < -0.39 is 0 Å². The maximum absolute atomic E-state index is 0. The van der Waals surface area contributed by atoms with Crippen molar-refractivity contribution in [3.8, 4) is 0 Å². The van der Waals surface area contributed by atoms with Crippen molar-refractivity contribution in [2.24, 2.45) is 0 Å². The first-order valence-electron chi connectivity index (χ1n) is 0. The van der Waals surface area contributed by atoms with Gasteiger partial charge in [-0.05, 0) is 11.0 Å². The predicted molar refractivity (Wildman–Crippen MR) is 25.8 cm³/mol. The molecule has 0 bridgehead atoms. The van der Waals surface area contributed by atoms with Crippen molar-refractivity contribution < 1.29 is 21.7 Å². The molecule has 0 spiro atoms. The Hall–Kier alpha value is 1.51. The van der Waals surface area contributed by atoms with Crippen LogP contribution in [0.4, 0.5) is 0 Å². The minimum atomic E-state index is 0. The van der Waals surface area contributed by atoms with Crippen LogP contribution in [0.5, 0.6) is 0 Å². The summed E-state index contributed by atoms with van der Waals surface area (Å²) in [4.78, 5) is 0. The van der Waals surface area contributed by atoms with Gasteiger partial charge in [-0.3, -0.25) is 0 Å². The van der Waals surface area contributed by atoms with Crippen molar-refractivity contribution in [2.45, 2.75) is 0 Å². The van der Waals surface area contributed by atoms with E-state index in [1.807, 2.05) is 0 Å². The van der Waals surface area contributed by atoms with Crippen LogP contribution in [-0.4, -0.2) is 11.0 Å². The van der Waals surface area contributed by atoms with Gasteiger partial charge >= 0.3 is 0 Å². The molecule has 0 atom stereocenters. The second-order valence-electron chi connectivity index (χ2n) is 0. The Labute approximate surface area is 57.5 Å². The normalized spacial score (nSPS) is 0. The summed E-state index contributed by atoms with van der Waals surface area (Å²) in [6.07, 6.45) is 0. The van der Waals surface area contributed by atoms with Crippen LogP contribution in [0.25, 0.3) is 0 Å². The standard InChI is InChI=1S/2ClH.H4Si.Ti/h2*1H;1H4;. The zero-order chi connectivity index (χ0) is 0. The van der Waals surface area contributed by atoms with Crippen molar-refractivity contribution >= 4 is 35.8 Å². The van der Waals surface area contributed by atoms with Crippen LogP contribution < -0.4 is 0 Å². The summed E-state index contributed by atoms with van der Waals surface area (Å²) in [5.41, 5.74) is 0. The minimum absolute atomic E-state index is 0. The quantitative estimate of drug-likeness (QED) is 0.407. The van der Waals surface area contributed by atoms with Crippen molar-refractivity contribution in [2.75, 3.05) is 0 Å². The van der Waals surface area contributed by atoms with Crippen LogP contribution in [0.1, 0.15) is 0 Å². The molecule has 0 fully saturated rings. The van der Waals surface area contributed by atoms with Gasteiger partial charge in [-0.15, -0.1) is 24.8 Å². The number of hydrogen-bond donors (Lipinski definition) is 0. The van der Waals surface area contributed by atoms with E-state index in [9.17, 15) is 0 Å². The summed E-state index contributed by atoms with van der Waals surface area (Å²) in [6.45, 7) is 0. The van der Waals surface area contributed by atoms with E-state index in [4.69, 9.17) is 0 Å². The molecule has 0 aromatic heterocycles. The van der Waals surface area contributed by atoms with Crippen LogP contribution in [-0.2, 0) is 21.7 Å². The average Bonchev–Trinajstić information content (AvgIpc) is 0. The first-order chi connectivity index (χ1) is 0. The van der Waals surface area contributed by atoms with Crippen molar-refractivity contribution in [1.29, 1.82) is 0 Å². The van der Waals surface area contributed by atoms with E-state index in [0.717, 1.165) is 0 Å². The molecule has 0 aliphatic rings. The SMILES string of the molecule is Cl.Cl.[SiH4].[Ti]. The van der Waals surface area contributed by atoms with Gasteiger partial charge in [0.1, 0.15) is 0 Å². The van der Waals surface area contributed by atoms with Gasteiger partial charge in [0, 0.05) is 21.7 Å². The number of hydrogen-bond acceptors (Lipinski definition) is 0. The predicted octanol–water partition coefficient (Wildman–Crippen LogP) is -0.611. The molecule has 0 saturated heterocycles.